The standard InChI is InChI=1S/C15H12F3N5O/c1-19-14-20-8-9-6-7-12(23(9)22-14)13(24)21-11-5-3-2-4-10(11)15(16,17)18/h2-8H,1H3,(H,19,22)(H,21,24). The number of alkyl halides is 3. The van der Waals surface area contributed by atoms with Gasteiger partial charge >= 0.3 is 6.18 Å². The van der Waals surface area contributed by atoms with Crippen LogP contribution in [0, 0.1) is 0 Å². The van der Waals surface area contributed by atoms with E-state index in [2.05, 4.69) is 20.7 Å². The number of fused-ring (bicyclic) bond motifs is 1. The molecule has 0 saturated carbocycles. The van der Waals surface area contributed by atoms with Crippen molar-refractivity contribution >= 4 is 23.1 Å². The number of rotatable bonds is 3. The van der Waals surface area contributed by atoms with E-state index in [-0.39, 0.29) is 17.3 Å². The molecule has 0 saturated heterocycles. The fourth-order valence-corrected chi connectivity index (χ4v) is 2.21. The lowest BCUT2D eigenvalue weighted by Gasteiger charge is -2.13. The van der Waals surface area contributed by atoms with Gasteiger partial charge in [0, 0.05) is 7.05 Å². The number of aromatic nitrogens is 3. The van der Waals surface area contributed by atoms with Gasteiger partial charge in [0.2, 0.25) is 5.95 Å². The highest BCUT2D eigenvalue weighted by atomic mass is 19.4. The summed E-state index contributed by atoms with van der Waals surface area (Å²) in [4.78, 5) is 16.4. The Bertz CT molecular complexity index is 904. The molecule has 2 aromatic heterocycles. The van der Waals surface area contributed by atoms with Crippen LogP contribution >= 0.6 is 0 Å². The number of nitrogens with zero attached hydrogens (tertiary/aromatic N) is 3. The van der Waals surface area contributed by atoms with Crippen molar-refractivity contribution in [3.63, 3.8) is 0 Å². The second kappa shape index (κ2) is 5.84. The Hall–Kier alpha value is -3.10. The van der Waals surface area contributed by atoms with Crippen molar-refractivity contribution in [1.82, 2.24) is 14.6 Å². The lowest BCUT2D eigenvalue weighted by atomic mass is 10.1. The van der Waals surface area contributed by atoms with Crippen LogP contribution in [-0.4, -0.2) is 27.6 Å². The first-order chi connectivity index (χ1) is 11.4. The van der Waals surface area contributed by atoms with E-state index in [4.69, 9.17) is 0 Å². The second-order valence-electron chi connectivity index (χ2n) is 4.88. The number of para-hydroxylation sites is 1. The summed E-state index contributed by atoms with van der Waals surface area (Å²) in [5.74, 6) is -0.420. The zero-order valence-electron chi connectivity index (χ0n) is 12.4. The first kappa shape index (κ1) is 15.8. The Labute approximate surface area is 134 Å². The van der Waals surface area contributed by atoms with E-state index in [0.717, 1.165) is 6.07 Å². The average Bonchev–Trinajstić information content (AvgIpc) is 2.97. The van der Waals surface area contributed by atoms with Gasteiger partial charge in [-0.3, -0.25) is 4.79 Å². The van der Waals surface area contributed by atoms with Crippen LogP contribution in [0.1, 0.15) is 16.1 Å². The van der Waals surface area contributed by atoms with Crippen molar-refractivity contribution in [3.05, 3.63) is 53.9 Å². The van der Waals surface area contributed by atoms with E-state index in [1.807, 2.05) is 0 Å². The highest BCUT2D eigenvalue weighted by Gasteiger charge is 2.33. The molecule has 0 aliphatic carbocycles. The number of halogens is 3. The molecule has 24 heavy (non-hydrogen) atoms. The van der Waals surface area contributed by atoms with Crippen molar-refractivity contribution in [2.75, 3.05) is 17.7 Å². The maximum absolute atomic E-state index is 13.0. The molecule has 0 aliphatic heterocycles. The number of hydrogen-bond donors (Lipinski definition) is 2. The fraction of sp³-hybridized carbons (Fsp3) is 0.133. The molecule has 124 valence electrons. The van der Waals surface area contributed by atoms with Crippen LogP contribution in [0.2, 0.25) is 0 Å². The molecule has 0 unspecified atom stereocenters. The maximum Gasteiger partial charge on any atom is 0.418 e. The minimum Gasteiger partial charge on any atom is -0.356 e. The van der Waals surface area contributed by atoms with Crippen LogP contribution in [0.3, 0.4) is 0 Å². The normalized spacial score (nSPS) is 11.5. The third-order valence-electron chi connectivity index (χ3n) is 3.34. The number of anilines is 2. The molecule has 1 aromatic carbocycles. The highest BCUT2D eigenvalue weighted by molar-refractivity contribution is 6.04. The van der Waals surface area contributed by atoms with Crippen LogP contribution < -0.4 is 10.6 Å². The summed E-state index contributed by atoms with van der Waals surface area (Å²) in [5.41, 5.74) is -0.582. The molecule has 0 bridgehead atoms. The summed E-state index contributed by atoms with van der Waals surface area (Å²) in [6, 6.07) is 7.86. The van der Waals surface area contributed by atoms with E-state index in [1.165, 1.54) is 35.0 Å². The van der Waals surface area contributed by atoms with E-state index < -0.39 is 17.6 Å². The summed E-state index contributed by atoms with van der Waals surface area (Å²) < 4.78 is 40.3. The Morgan fingerprint density at radius 1 is 1.17 bits per heavy atom. The Morgan fingerprint density at radius 2 is 1.92 bits per heavy atom. The largest absolute Gasteiger partial charge is 0.418 e. The molecule has 0 atom stereocenters. The van der Waals surface area contributed by atoms with Crippen LogP contribution in [-0.2, 0) is 6.18 Å². The molecule has 3 rings (SSSR count). The van der Waals surface area contributed by atoms with Gasteiger partial charge in [0.15, 0.2) is 0 Å². The predicted molar refractivity (Wildman–Crippen MR) is 81.9 cm³/mol. The third-order valence-corrected chi connectivity index (χ3v) is 3.34. The molecule has 1 amide bonds. The van der Waals surface area contributed by atoms with E-state index in [9.17, 15) is 18.0 Å². The van der Waals surface area contributed by atoms with E-state index in [0.29, 0.717) is 5.52 Å². The molecule has 6 nitrogen and oxygen atoms in total. The molecule has 0 aliphatic rings. The summed E-state index contributed by atoms with van der Waals surface area (Å²) in [7, 11) is 1.62. The van der Waals surface area contributed by atoms with Gasteiger partial charge in [-0.1, -0.05) is 12.1 Å². The lowest BCUT2D eigenvalue weighted by Crippen LogP contribution is -2.19. The highest BCUT2D eigenvalue weighted by Crippen LogP contribution is 2.34. The smallest absolute Gasteiger partial charge is 0.356 e. The monoisotopic (exact) mass is 335 g/mol. The number of carbonyl (C=O) groups is 1. The number of benzene rings is 1. The number of hydrogen-bond acceptors (Lipinski definition) is 4. The van der Waals surface area contributed by atoms with Crippen LogP contribution in [0.15, 0.2) is 42.6 Å². The lowest BCUT2D eigenvalue weighted by molar-refractivity contribution is -0.136. The molecule has 3 aromatic rings. The van der Waals surface area contributed by atoms with E-state index >= 15 is 0 Å². The molecule has 2 heterocycles. The minimum atomic E-state index is -4.56. The van der Waals surface area contributed by atoms with Crippen LogP contribution in [0.4, 0.5) is 24.8 Å². The van der Waals surface area contributed by atoms with Crippen molar-refractivity contribution in [3.8, 4) is 0 Å². The summed E-state index contributed by atoms with van der Waals surface area (Å²) >= 11 is 0. The van der Waals surface area contributed by atoms with Gasteiger partial charge in [-0.15, -0.1) is 5.10 Å². The number of carbonyl (C=O) groups excluding carboxylic acids is 1. The molecule has 0 spiro atoms. The second-order valence-corrected chi connectivity index (χ2v) is 4.88. The number of nitrogens with one attached hydrogen (secondary N) is 2. The average molecular weight is 335 g/mol. The fourth-order valence-electron chi connectivity index (χ4n) is 2.21. The van der Waals surface area contributed by atoms with Gasteiger partial charge in [-0.25, -0.2) is 9.50 Å². The predicted octanol–water partition coefficient (Wildman–Crippen LogP) is 3.04. The van der Waals surface area contributed by atoms with Crippen molar-refractivity contribution < 1.29 is 18.0 Å². The van der Waals surface area contributed by atoms with Crippen molar-refractivity contribution in [2.24, 2.45) is 0 Å². The summed E-state index contributed by atoms with van der Waals surface area (Å²) in [5, 5.41) is 9.12. The molecular formula is C15H12F3N5O. The first-order valence-electron chi connectivity index (χ1n) is 6.90. The van der Waals surface area contributed by atoms with Crippen LogP contribution in [0.25, 0.3) is 5.52 Å². The van der Waals surface area contributed by atoms with E-state index in [1.54, 1.807) is 13.1 Å². The van der Waals surface area contributed by atoms with Crippen LogP contribution in [0.5, 0.6) is 0 Å². The Morgan fingerprint density at radius 3 is 2.62 bits per heavy atom. The van der Waals surface area contributed by atoms with Crippen molar-refractivity contribution in [2.45, 2.75) is 6.18 Å². The van der Waals surface area contributed by atoms with Gasteiger partial charge in [-0.05, 0) is 24.3 Å². The third kappa shape index (κ3) is 2.87. The van der Waals surface area contributed by atoms with Gasteiger partial charge in [0.1, 0.15) is 5.69 Å². The van der Waals surface area contributed by atoms with Gasteiger partial charge in [0.25, 0.3) is 5.91 Å². The zero-order chi connectivity index (χ0) is 17.3. The molecular weight excluding hydrogens is 323 g/mol. The molecule has 0 fully saturated rings. The minimum absolute atomic E-state index is 0.0980. The Balaban J connectivity index is 1.97. The van der Waals surface area contributed by atoms with Crippen molar-refractivity contribution in [1.29, 1.82) is 0 Å². The zero-order valence-corrected chi connectivity index (χ0v) is 12.4. The molecule has 0 radical (unpaired) electrons. The summed E-state index contributed by atoms with van der Waals surface area (Å²) in [6.07, 6.45) is -3.06. The SMILES string of the molecule is CNc1ncc2ccc(C(=O)Nc3ccccc3C(F)(F)F)n2n1. The maximum atomic E-state index is 13.0. The summed E-state index contributed by atoms with van der Waals surface area (Å²) in [6.45, 7) is 0. The number of amides is 1. The van der Waals surface area contributed by atoms with Gasteiger partial charge < -0.3 is 10.6 Å². The quantitative estimate of drug-likeness (QED) is 0.772. The van der Waals surface area contributed by atoms with Gasteiger partial charge in [0.05, 0.1) is 23.0 Å². The first-order valence-corrected chi connectivity index (χ1v) is 6.90. The molecule has 9 heteroatoms. The topological polar surface area (TPSA) is 71.3 Å². The van der Waals surface area contributed by atoms with Gasteiger partial charge in [-0.2, -0.15) is 13.2 Å². The Kier molecular flexibility index (Phi) is 3.84. The molecule has 2 N–H and O–H groups in total.